The number of amides is 1. The summed E-state index contributed by atoms with van der Waals surface area (Å²) in [6.45, 7) is 7.55. The number of anilines is 2. The average molecular weight is 477 g/mol. The highest BCUT2D eigenvalue weighted by Crippen LogP contribution is 2.29. The lowest BCUT2D eigenvalue weighted by Gasteiger charge is -2.36. The summed E-state index contributed by atoms with van der Waals surface area (Å²) in [6.07, 6.45) is 3.41. The Morgan fingerprint density at radius 2 is 1.91 bits per heavy atom. The molecule has 0 radical (unpaired) electrons. The van der Waals surface area contributed by atoms with Crippen molar-refractivity contribution in [1.82, 2.24) is 19.9 Å². The van der Waals surface area contributed by atoms with Crippen LogP contribution in [-0.4, -0.2) is 51.1 Å². The molecular formula is C25H25ClN6O2. The largest absolute Gasteiger partial charge is 0.372 e. The Hall–Kier alpha value is -3.49. The molecule has 174 valence electrons. The lowest BCUT2D eigenvalue weighted by molar-refractivity contribution is -0.00546. The molecule has 1 aromatic carbocycles. The fourth-order valence-corrected chi connectivity index (χ4v) is 4.47. The monoisotopic (exact) mass is 476 g/mol. The zero-order valence-electron chi connectivity index (χ0n) is 19.2. The summed E-state index contributed by atoms with van der Waals surface area (Å²) in [5.41, 5.74) is 4.19. The maximum Gasteiger partial charge on any atom is 0.257 e. The van der Waals surface area contributed by atoms with Crippen LogP contribution in [0.15, 0.2) is 48.8 Å². The standard InChI is InChI=1S/C25H25ClN6O2/c1-14-8-22(32-12-15(2)34-16(3)13-32)27-11-19(14)25(33)29-17-9-18(23(26)28-10-17)24-30-20-6-4-5-7-21(20)31-24/h4-11,15-16H,12-13H2,1-3H3,(H,29,33)(H,30,31)/t15-,16+. The van der Waals surface area contributed by atoms with Crippen LogP contribution < -0.4 is 10.2 Å². The second-order valence-electron chi connectivity index (χ2n) is 8.64. The normalized spacial score (nSPS) is 18.3. The van der Waals surface area contributed by atoms with Gasteiger partial charge in [0.1, 0.15) is 16.8 Å². The van der Waals surface area contributed by atoms with Crippen molar-refractivity contribution in [1.29, 1.82) is 0 Å². The smallest absolute Gasteiger partial charge is 0.257 e. The van der Waals surface area contributed by atoms with Gasteiger partial charge in [0.15, 0.2) is 0 Å². The Morgan fingerprint density at radius 3 is 2.65 bits per heavy atom. The number of hydrogen-bond donors (Lipinski definition) is 2. The van der Waals surface area contributed by atoms with E-state index in [0.717, 1.165) is 35.5 Å². The minimum absolute atomic E-state index is 0.132. The molecule has 0 spiro atoms. The second kappa shape index (κ2) is 9.04. The number of halogens is 1. The number of aromatic amines is 1. The molecule has 34 heavy (non-hydrogen) atoms. The van der Waals surface area contributed by atoms with Gasteiger partial charge in [-0.2, -0.15) is 0 Å². The van der Waals surface area contributed by atoms with Gasteiger partial charge in [-0.3, -0.25) is 4.79 Å². The number of rotatable bonds is 4. The summed E-state index contributed by atoms with van der Waals surface area (Å²) in [4.78, 5) is 31.8. The predicted octanol–water partition coefficient (Wildman–Crippen LogP) is 4.85. The van der Waals surface area contributed by atoms with Gasteiger partial charge in [-0.1, -0.05) is 23.7 Å². The number of pyridine rings is 2. The van der Waals surface area contributed by atoms with Crippen molar-refractivity contribution in [3.63, 3.8) is 0 Å². The van der Waals surface area contributed by atoms with Gasteiger partial charge in [0.05, 0.1) is 46.3 Å². The van der Waals surface area contributed by atoms with E-state index in [1.54, 1.807) is 12.3 Å². The van der Waals surface area contributed by atoms with E-state index in [4.69, 9.17) is 16.3 Å². The molecule has 1 aliphatic rings. The number of para-hydroxylation sites is 2. The first-order valence-corrected chi connectivity index (χ1v) is 11.5. The van der Waals surface area contributed by atoms with Crippen molar-refractivity contribution in [3.8, 4) is 11.4 Å². The van der Waals surface area contributed by atoms with Crippen molar-refractivity contribution < 1.29 is 9.53 Å². The summed E-state index contributed by atoms with van der Waals surface area (Å²) in [7, 11) is 0. The van der Waals surface area contributed by atoms with Crippen LogP contribution in [0.1, 0.15) is 29.8 Å². The maximum atomic E-state index is 13.0. The van der Waals surface area contributed by atoms with E-state index in [9.17, 15) is 4.79 Å². The zero-order chi connectivity index (χ0) is 23.8. The van der Waals surface area contributed by atoms with Crippen molar-refractivity contribution >= 4 is 40.0 Å². The van der Waals surface area contributed by atoms with Gasteiger partial charge in [0.25, 0.3) is 5.91 Å². The second-order valence-corrected chi connectivity index (χ2v) is 9.00. The van der Waals surface area contributed by atoms with Crippen LogP contribution in [-0.2, 0) is 4.74 Å². The van der Waals surface area contributed by atoms with Gasteiger partial charge in [-0.25, -0.2) is 15.0 Å². The van der Waals surface area contributed by atoms with Crippen molar-refractivity contribution in [2.75, 3.05) is 23.3 Å². The van der Waals surface area contributed by atoms with E-state index in [0.29, 0.717) is 27.8 Å². The number of nitrogens with one attached hydrogen (secondary N) is 2. The number of carbonyl (C=O) groups excluding carboxylic acids is 1. The number of imidazole rings is 1. The molecule has 1 amide bonds. The SMILES string of the molecule is Cc1cc(N2C[C@@H](C)O[C@@H](C)C2)ncc1C(=O)Nc1cnc(Cl)c(-c2nc3ccccc3[nH]2)c1. The van der Waals surface area contributed by atoms with E-state index < -0.39 is 0 Å². The highest BCUT2D eigenvalue weighted by Gasteiger charge is 2.24. The molecule has 1 aliphatic heterocycles. The molecule has 4 heterocycles. The summed E-state index contributed by atoms with van der Waals surface area (Å²) in [6, 6.07) is 11.4. The molecule has 1 fully saturated rings. The summed E-state index contributed by atoms with van der Waals surface area (Å²) >= 11 is 6.34. The Labute approximate surface area is 202 Å². The first-order chi connectivity index (χ1) is 16.4. The Balaban J connectivity index is 1.36. The number of hydrogen-bond acceptors (Lipinski definition) is 6. The van der Waals surface area contributed by atoms with Crippen LogP contribution in [0.4, 0.5) is 11.5 Å². The molecule has 1 saturated heterocycles. The van der Waals surface area contributed by atoms with Gasteiger partial charge in [0.2, 0.25) is 0 Å². The predicted molar refractivity (Wildman–Crippen MR) is 133 cm³/mol. The third kappa shape index (κ3) is 4.47. The van der Waals surface area contributed by atoms with Crippen molar-refractivity contribution in [3.05, 3.63) is 65.1 Å². The number of morpholine rings is 1. The topological polar surface area (TPSA) is 96.0 Å². The summed E-state index contributed by atoms with van der Waals surface area (Å²) in [5, 5.41) is 3.21. The molecule has 0 saturated carbocycles. The number of ether oxygens (including phenoxy) is 1. The molecule has 0 unspecified atom stereocenters. The fourth-order valence-electron chi connectivity index (χ4n) is 4.28. The Morgan fingerprint density at radius 1 is 1.15 bits per heavy atom. The molecule has 2 atom stereocenters. The number of carbonyl (C=O) groups is 1. The first kappa shape index (κ1) is 22.3. The molecule has 9 heteroatoms. The van der Waals surface area contributed by atoms with Crippen molar-refractivity contribution in [2.24, 2.45) is 0 Å². The number of benzene rings is 1. The zero-order valence-corrected chi connectivity index (χ0v) is 19.9. The summed E-state index contributed by atoms with van der Waals surface area (Å²) < 4.78 is 5.81. The lowest BCUT2D eigenvalue weighted by atomic mass is 10.1. The van der Waals surface area contributed by atoms with Crippen LogP contribution in [0.25, 0.3) is 22.4 Å². The molecule has 2 N–H and O–H groups in total. The Bertz CT molecular complexity index is 1330. The highest BCUT2D eigenvalue weighted by molar-refractivity contribution is 6.32. The van der Waals surface area contributed by atoms with Gasteiger partial charge >= 0.3 is 0 Å². The van der Waals surface area contributed by atoms with Crippen LogP contribution in [0, 0.1) is 6.92 Å². The molecule has 0 aliphatic carbocycles. The molecule has 0 bridgehead atoms. The number of nitrogens with zero attached hydrogens (tertiary/aromatic N) is 4. The van der Waals surface area contributed by atoms with Gasteiger partial charge < -0.3 is 19.9 Å². The number of H-pyrrole nitrogens is 1. The maximum absolute atomic E-state index is 13.0. The van der Waals surface area contributed by atoms with Gasteiger partial charge in [0, 0.05) is 19.3 Å². The minimum Gasteiger partial charge on any atom is -0.372 e. The van der Waals surface area contributed by atoms with E-state index in [1.807, 2.05) is 37.3 Å². The van der Waals surface area contributed by atoms with Crippen LogP contribution >= 0.6 is 11.6 Å². The van der Waals surface area contributed by atoms with E-state index in [1.165, 1.54) is 6.20 Å². The molecular weight excluding hydrogens is 452 g/mol. The lowest BCUT2D eigenvalue weighted by Crippen LogP contribution is -2.45. The van der Waals surface area contributed by atoms with Gasteiger partial charge in [-0.15, -0.1) is 0 Å². The summed E-state index contributed by atoms with van der Waals surface area (Å²) in [5.74, 6) is 1.17. The van der Waals surface area contributed by atoms with Crippen molar-refractivity contribution in [2.45, 2.75) is 33.0 Å². The Kier molecular flexibility index (Phi) is 5.93. The van der Waals surface area contributed by atoms with Gasteiger partial charge in [-0.05, 0) is 50.6 Å². The number of fused-ring (bicyclic) bond motifs is 1. The first-order valence-electron chi connectivity index (χ1n) is 11.2. The third-order valence-electron chi connectivity index (χ3n) is 5.83. The number of aryl methyl sites for hydroxylation is 1. The van der Waals surface area contributed by atoms with Crippen LogP contribution in [0.2, 0.25) is 5.15 Å². The molecule has 3 aromatic heterocycles. The van der Waals surface area contributed by atoms with E-state index in [2.05, 4.69) is 44.0 Å². The highest BCUT2D eigenvalue weighted by atomic mass is 35.5. The molecule has 4 aromatic rings. The number of aromatic nitrogens is 4. The van der Waals surface area contributed by atoms with Crippen LogP contribution in [0.3, 0.4) is 0 Å². The quantitative estimate of drug-likeness (QED) is 0.409. The van der Waals surface area contributed by atoms with E-state index in [-0.39, 0.29) is 18.1 Å². The van der Waals surface area contributed by atoms with Crippen LogP contribution in [0.5, 0.6) is 0 Å². The third-order valence-corrected chi connectivity index (χ3v) is 6.13. The molecule has 8 nitrogen and oxygen atoms in total. The minimum atomic E-state index is -0.264. The average Bonchev–Trinajstić information content (AvgIpc) is 3.23. The van der Waals surface area contributed by atoms with E-state index >= 15 is 0 Å². The molecule has 5 rings (SSSR count). The fraction of sp³-hybridized carbons (Fsp3) is 0.280.